The van der Waals surface area contributed by atoms with Crippen LogP contribution in [0, 0.1) is 20.8 Å². The molecule has 88 valence electrons. The molecule has 1 heterocycles. The maximum atomic E-state index is 6.09. The van der Waals surface area contributed by atoms with E-state index in [1.165, 1.54) is 5.56 Å². The highest BCUT2D eigenvalue weighted by molar-refractivity contribution is 7.99. The number of benzene rings is 1. The van der Waals surface area contributed by atoms with Gasteiger partial charge in [0, 0.05) is 4.90 Å². The number of aromatic nitrogens is 2. The third-order valence-electron chi connectivity index (χ3n) is 2.47. The van der Waals surface area contributed by atoms with Gasteiger partial charge < -0.3 is 0 Å². The Morgan fingerprint density at radius 3 is 2.18 bits per heavy atom. The lowest BCUT2D eigenvalue weighted by Crippen LogP contribution is -1.95. The molecule has 0 unspecified atom stereocenters. The van der Waals surface area contributed by atoms with Crippen molar-refractivity contribution in [1.29, 1.82) is 0 Å². The van der Waals surface area contributed by atoms with Crippen LogP contribution in [-0.2, 0) is 0 Å². The smallest absolute Gasteiger partial charge is 0.161 e. The number of halogens is 1. The Labute approximate surface area is 110 Å². The Morgan fingerprint density at radius 2 is 1.53 bits per heavy atom. The largest absolute Gasteiger partial charge is 0.241 e. The van der Waals surface area contributed by atoms with Crippen molar-refractivity contribution in [3.63, 3.8) is 0 Å². The molecular weight excluding hydrogens is 252 g/mol. The van der Waals surface area contributed by atoms with E-state index in [9.17, 15) is 0 Å². The molecule has 0 spiro atoms. The molecule has 0 saturated carbocycles. The lowest BCUT2D eigenvalue weighted by atomic mass is 10.2. The van der Waals surface area contributed by atoms with Gasteiger partial charge in [0.25, 0.3) is 0 Å². The zero-order valence-electron chi connectivity index (χ0n) is 9.99. The first-order valence-corrected chi connectivity index (χ1v) is 6.51. The van der Waals surface area contributed by atoms with E-state index in [1.807, 2.05) is 13.8 Å². The van der Waals surface area contributed by atoms with Gasteiger partial charge in [-0.25, -0.2) is 9.97 Å². The molecule has 0 amide bonds. The van der Waals surface area contributed by atoms with Crippen LogP contribution in [0.15, 0.2) is 34.2 Å². The van der Waals surface area contributed by atoms with E-state index < -0.39 is 0 Å². The molecule has 1 aromatic heterocycles. The first-order valence-electron chi connectivity index (χ1n) is 5.31. The monoisotopic (exact) mass is 264 g/mol. The van der Waals surface area contributed by atoms with Gasteiger partial charge in [-0.2, -0.15) is 0 Å². The number of hydrogen-bond donors (Lipinski definition) is 0. The standard InChI is InChI=1S/C13H13ClN2S/c1-8-4-6-11(7-5-8)17-13-12(14)15-9(2)10(3)16-13/h4-7H,1-3H3. The van der Waals surface area contributed by atoms with E-state index in [1.54, 1.807) is 11.8 Å². The van der Waals surface area contributed by atoms with E-state index in [0.29, 0.717) is 5.15 Å². The highest BCUT2D eigenvalue weighted by atomic mass is 35.5. The van der Waals surface area contributed by atoms with Crippen molar-refractivity contribution < 1.29 is 0 Å². The molecule has 17 heavy (non-hydrogen) atoms. The van der Waals surface area contributed by atoms with Crippen LogP contribution in [0.25, 0.3) is 0 Å². The van der Waals surface area contributed by atoms with Crippen molar-refractivity contribution in [2.24, 2.45) is 0 Å². The molecule has 4 heteroatoms. The molecular formula is C13H13ClN2S. The molecule has 2 aromatic rings. The van der Waals surface area contributed by atoms with Crippen molar-refractivity contribution in [2.45, 2.75) is 30.7 Å². The first kappa shape index (κ1) is 12.4. The van der Waals surface area contributed by atoms with Gasteiger partial charge in [0.15, 0.2) is 5.15 Å². The van der Waals surface area contributed by atoms with Crippen molar-refractivity contribution in [2.75, 3.05) is 0 Å². The molecule has 0 fully saturated rings. The summed E-state index contributed by atoms with van der Waals surface area (Å²) >= 11 is 7.63. The van der Waals surface area contributed by atoms with Gasteiger partial charge in [-0.3, -0.25) is 0 Å². The summed E-state index contributed by atoms with van der Waals surface area (Å²) in [5, 5.41) is 1.23. The predicted molar refractivity (Wildman–Crippen MR) is 71.8 cm³/mol. The Balaban J connectivity index is 2.30. The highest BCUT2D eigenvalue weighted by Gasteiger charge is 2.08. The molecule has 2 nitrogen and oxygen atoms in total. The molecule has 0 aliphatic heterocycles. The summed E-state index contributed by atoms with van der Waals surface area (Å²) in [6, 6.07) is 8.27. The molecule has 0 aliphatic carbocycles. The third-order valence-corrected chi connectivity index (χ3v) is 3.83. The van der Waals surface area contributed by atoms with Crippen LogP contribution in [0.5, 0.6) is 0 Å². The number of rotatable bonds is 2. The van der Waals surface area contributed by atoms with Gasteiger partial charge in [0.1, 0.15) is 5.03 Å². The Bertz CT molecular complexity index is 538. The molecule has 0 atom stereocenters. The van der Waals surface area contributed by atoms with E-state index in [0.717, 1.165) is 21.3 Å². The van der Waals surface area contributed by atoms with Gasteiger partial charge in [0.2, 0.25) is 0 Å². The maximum Gasteiger partial charge on any atom is 0.161 e. The summed E-state index contributed by atoms with van der Waals surface area (Å²) < 4.78 is 0. The van der Waals surface area contributed by atoms with Gasteiger partial charge in [-0.15, -0.1) is 0 Å². The molecule has 0 bridgehead atoms. The fourth-order valence-electron chi connectivity index (χ4n) is 1.34. The first-order chi connectivity index (χ1) is 8.06. The highest BCUT2D eigenvalue weighted by Crippen LogP contribution is 2.31. The van der Waals surface area contributed by atoms with Crippen LogP contribution in [-0.4, -0.2) is 9.97 Å². The maximum absolute atomic E-state index is 6.09. The summed E-state index contributed by atoms with van der Waals surface area (Å²) in [6.07, 6.45) is 0. The fraction of sp³-hybridized carbons (Fsp3) is 0.231. The quantitative estimate of drug-likeness (QED) is 0.813. The number of hydrogen-bond acceptors (Lipinski definition) is 3. The number of nitrogens with zero attached hydrogens (tertiary/aromatic N) is 2. The minimum Gasteiger partial charge on any atom is -0.241 e. The summed E-state index contributed by atoms with van der Waals surface area (Å²) in [6.45, 7) is 5.92. The molecule has 2 rings (SSSR count). The Kier molecular flexibility index (Phi) is 3.69. The van der Waals surface area contributed by atoms with Crippen LogP contribution in [0.3, 0.4) is 0 Å². The minimum absolute atomic E-state index is 0.471. The second-order valence-electron chi connectivity index (χ2n) is 3.91. The second-order valence-corrected chi connectivity index (χ2v) is 5.33. The van der Waals surface area contributed by atoms with E-state index in [-0.39, 0.29) is 0 Å². The zero-order valence-corrected chi connectivity index (χ0v) is 11.6. The van der Waals surface area contributed by atoms with Crippen molar-refractivity contribution >= 4 is 23.4 Å². The van der Waals surface area contributed by atoms with Gasteiger partial charge >= 0.3 is 0 Å². The normalized spacial score (nSPS) is 10.6. The van der Waals surface area contributed by atoms with Gasteiger partial charge in [-0.1, -0.05) is 41.1 Å². The van der Waals surface area contributed by atoms with Crippen LogP contribution in [0.2, 0.25) is 5.15 Å². The average molecular weight is 265 g/mol. The van der Waals surface area contributed by atoms with Crippen LogP contribution < -0.4 is 0 Å². The van der Waals surface area contributed by atoms with Gasteiger partial charge in [0.05, 0.1) is 11.4 Å². The van der Waals surface area contributed by atoms with Crippen molar-refractivity contribution in [3.8, 4) is 0 Å². The number of aryl methyl sites for hydroxylation is 3. The second kappa shape index (κ2) is 5.07. The summed E-state index contributed by atoms with van der Waals surface area (Å²) in [5.41, 5.74) is 3.04. The third kappa shape index (κ3) is 2.99. The summed E-state index contributed by atoms with van der Waals surface area (Å²) in [4.78, 5) is 9.85. The van der Waals surface area contributed by atoms with Crippen molar-refractivity contribution in [3.05, 3.63) is 46.4 Å². The van der Waals surface area contributed by atoms with Crippen LogP contribution in [0.1, 0.15) is 17.0 Å². The molecule has 0 aliphatic rings. The van der Waals surface area contributed by atoms with Crippen LogP contribution >= 0.6 is 23.4 Å². The Hall–Kier alpha value is -1.06. The lowest BCUT2D eigenvalue weighted by Gasteiger charge is -2.06. The van der Waals surface area contributed by atoms with Gasteiger partial charge in [-0.05, 0) is 32.9 Å². The molecule has 0 N–H and O–H groups in total. The van der Waals surface area contributed by atoms with Crippen molar-refractivity contribution in [1.82, 2.24) is 9.97 Å². The predicted octanol–water partition coefficient (Wildman–Crippen LogP) is 4.21. The summed E-state index contributed by atoms with van der Waals surface area (Å²) in [5.74, 6) is 0. The average Bonchev–Trinajstić information content (AvgIpc) is 2.29. The lowest BCUT2D eigenvalue weighted by molar-refractivity contribution is 0.957. The van der Waals surface area contributed by atoms with Crippen LogP contribution in [0.4, 0.5) is 0 Å². The SMILES string of the molecule is Cc1ccc(Sc2nc(C)c(C)nc2Cl)cc1. The van der Waals surface area contributed by atoms with E-state index in [2.05, 4.69) is 41.2 Å². The fourth-order valence-corrected chi connectivity index (χ4v) is 2.43. The molecule has 1 aromatic carbocycles. The zero-order chi connectivity index (χ0) is 12.4. The summed E-state index contributed by atoms with van der Waals surface area (Å²) in [7, 11) is 0. The minimum atomic E-state index is 0.471. The van der Waals surface area contributed by atoms with E-state index >= 15 is 0 Å². The Morgan fingerprint density at radius 1 is 0.941 bits per heavy atom. The topological polar surface area (TPSA) is 25.8 Å². The van der Waals surface area contributed by atoms with E-state index in [4.69, 9.17) is 11.6 Å². The molecule has 0 radical (unpaired) electrons. The molecule has 0 saturated heterocycles.